The van der Waals surface area contributed by atoms with Crippen LogP contribution in [0.2, 0.25) is 0 Å². The maximum absolute atomic E-state index is 12.8. The van der Waals surface area contributed by atoms with Crippen LogP contribution in [0.25, 0.3) is 0 Å². The van der Waals surface area contributed by atoms with E-state index in [-0.39, 0.29) is 31.6 Å². The van der Waals surface area contributed by atoms with Gasteiger partial charge in [-0.05, 0) is 44.9 Å². The third-order valence-electron chi connectivity index (χ3n) is 12.1. The Balaban J connectivity index is 4.39. The molecular weight excluding hydrogens is 805 g/mol. The van der Waals surface area contributed by atoms with Crippen LogP contribution in [0.1, 0.15) is 278 Å². The van der Waals surface area contributed by atoms with Crippen LogP contribution in [-0.4, -0.2) is 37.2 Å². The molecule has 0 rings (SSSR count). The zero-order valence-corrected chi connectivity index (χ0v) is 43.0. The van der Waals surface area contributed by atoms with Gasteiger partial charge in [-0.1, -0.05) is 274 Å². The Bertz CT molecular complexity index is 1180. The van der Waals surface area contributed by atoms with E-state index in [9.17, 15) is 14.4 Å². The molecule has 0 aromatic heterocycles. The molecule has 0 bridgehead atoms. The minimum Gasteiger partial charge on any atom is -0.462 e. The minimum absolute atomic E-state index is 0.101. The van der Waals surface area contributed by atoms with Gasteiger partial charge in [-0.25, -0.2) is 0 Å². The monoisotopic (exact) mass is 909 g/mol. The predicted octanol–water partition coefficient (Wildman–Crippen LogP) is 18.4. The van der Waals surface area contributed by atoms with Crippen molar-refractivity contribution in [1.29, 1.82) is 0 Å². The molecule has 0 heterocycles. The molecule has 0 fully saturated rings. The van der Waals surface area contributed by atoms with Crippen LogP contribution in [0.5, 0.6) is 0 Å². The first-order valence-electron chi connectivity index (χ1n) is 27.8. The molecule has 0 amide bonds. The van der Waals surface area contributed by atoms with E-state index in [0.717, 1.165) is 70.6 Å². The topological polar surface area (TPSA) is 78.9 Å². The third-order valence-corrected chi connectivity index (χ3v) is 12.1. The number of ether oxygens (including phenoxy) is 3. The predicted molar refractivity (Wildman–Crippen MR) is 279 cm³/mol. The van der Waals surface area contributed by atoms with Gasteiger partial charge in [0.2, 0.25) is 0 Å². The van der Waals surface area contributed by atoms with Gasteiger partial charge in [0, 0.05) is 12.8 Å². The smallest absolute Gasteiger partial charge is 0.310 e. The molecule has 0 aliphatic rings. The fraction of sp³-hybridized carbons (Fsp3) is 0.780. The number of allylic oxidation sites excluding steroid dienone is 9. The Morgan fingerprint density at radius 2 is 0.585 bits per heavy atom. The standard InChI is InChI=1S/C59H104O6/c1-4-7-10-13-16-19-22-25-27-28-29-30-31-33-34-37-40-43-46-49-52-58(61)64-55-56(54-63-57(60)51-48-45-42-39-36-24-21-18-15-12-9-6-3)65-59(62)53-50-47-44-41-38-35-32-26-23-20-17-14-11-8-5-2/h8,11,17,20,26,32,38,41,47,50,56H,4-7,9-10,12-16,18-19,21-25,27-31,33-37,39-40,42-46,48-49,51-55H2,1-3H3/b11-8-,20-17-,32-26-,41-38-,50-47-. The summed E-state index contributed by atoms with van der Waals surface area (Å²) in [6.07, 6.45) is 66.7. The van der Waals surface area contributed by atoms with Gasteiger partial charge in [0.25, 0.3) is 0 Å². The van der Waals surface area contributed by atoms with Gasteiger partial charge < -0.3 is 14.2 Å². The summed E-state index contributed by atoms with van der Waals surface area (Å²) < 4.78 is 16.7. The summed E-state index contributed by atoms with van der Waals surface area (Å²) in [5.74, 6) is -1.03. The van der Waals surface area contributed by atoms with E-state index in [1.54, 1.807) is 6.08 Å². The minimum atomic E-state index is -0.824. The highest BCUT2D eigenvalue weighted by molar-refractivity contribution is 5.72. The van der Waals surface area contributed by atoms with E-state index in [1.807, 2.05) is 6.08 Å². The summed E-state index contributed by atoms with van der Waals surface area (Å²) in [5.41, 5.74) is 0. The molecule has 6 nitrogen and oxygen atoms in total. The Morgan fingerprint density at radius 1 is 0.323 bits per heavy atom. The summed E-state index contributed by atoms with van der Waals surface area (Å²) >= 11 is 0. The molecule has 65 heavy (non-hydrogen) atoms. The van der Waals surface area contributed by atoms with Crippen molar-refractivity contribution in [3.8, 4) is 0 Å². The first kappa shape index (κ1) is 62.1. The van der Waals surface area contributed by atoms with E-state index in [1.165, 1.54) is 167 Å². The van der Waals surface area contributed by atoms with E-state index < -0.39 is 12.1 Å². The first-order chi connectivity index (χ1) is 32.0. The maximum atomic E-state index is 12.8. The number of carbonyl (C=O) groups is 3. The first-order valence-corrected chi connectivity index (χ1v) is 27.8. The van der Waals surface area contributed by atoms with Crippen molar-refractivity contribution >= 4 is 17.9 Å². The van der Waals surface area contributed by atoms with Gasteiger partial charge in [-0.15, -0.1) is 0 Å². The molecule has 0 saturated carbocycles. The Kier molecular flexibility index (Phi) is 51.3. The van der Waals surface area contributed by atoms with Crippen molar-refractivity contribution in [2.75, 3.05) is 13.2 Å². The molecule has 0 aliphatic carbocycles. The Labute approximate surface area is 402 Å². The van der Waals surface area contributed by atoms with Crippen molar-refractivity contribution in [1.82, 2.24) is 0 Å². The SMILES string of the molecule is CC/C=C\C/C=C\C/C=C\C/C=C\C/C=C\CC(=O)OC(COC(=O)CCCCCCCCCCCCCC)COC(=O)CCCCCCCCCCCCCCCCCCCCCC. The molecule has 0 saturated heterocycles. The quantitative estimate of drug-likeness (QED) is 0.0262. The fourth-order valence-corrected chi connectivity index (χ4v) is 7.93. The number of hydrogen-bond donors (Lipinski definition) is 0. The number of carbonyl (C=O) groups excluding carboxylic acids is 3. The third kappa shape index (κ3) is 51.9. The normalized spacial score (nSPS) is 12.5. The molecule has 0 aliphatic heterocycles. The number of hydrogen-bond acceptors (Lipinski definition) is 6. The lowest BCUT2D eigenvalue weighted by Crippen LogP contribution is -2.30. The van der Waals surface area contributed by atoms with Crippen molar-refractivity contribution in [2.24, 2.45) is 0 Å². The largest absolute Gasteiger partial charge is 0.462 e. The molecule has 376 valence electrons. The molecule has 0 N–H and O–H groups in total. The zero-order chi connectivity index (χ0) is 47.2. The summed E-state index contributed by atoms with van der Waals surface area (Å²) in [4.78, 5) is 38.0. The van der Waals surface area contributed by atoms with Crippen molar-refractivity contribution in [2.45, 2.75) is 284 Å². The summed E-state index contributed by atoms with van der Waals surface area (Å²) in [7, 11) is 0. The van der Waals surface area contributed by atoms with Crippen LogP contribution in [0.4, 0.5) is 0 Å². The summed E-state index contributed by atoms with van der Waals surface area (Å²) in [6, 6.07) is 0. The molecule has 0 radical (unpaired) electrons. The highest BCUT2D eigenvalue weighted by atomic mass is 16.6. The maximum Gasteiger partial charge on any atom is 0.310 e. The van der Waals surface area contributed by atoms with Crippen LogP contribution in [0, 0.1) is 0 Å². The molecular formula is C59H104O6. The lowest BCUT2D eigenvalue weighted by atomic mass is 10.0. The highest BCUT2D eigenvalue weighted by Crippen LogP contribution is 2.16. The number of esters is 3. The van der Waals surface area contributed by atoms with Crippen molar-refractivity contribution < 1.29 is 28.6 Å². The lowest BCUT2D eigenvalue weighted by molar-refractivity contribution is -0.166. The fourth-order valence-electron chi connectivity index (χ4n) is 7.93. The second kappa shape index (κ2) is 53.7. The number of rotatable bonds is 50. The second-order valence-corrected chi connectivity index (χ2v) is 18.5. The van der Waals surface area contributed by atoms with Crippen LogP contribution in [0.3, 0.4) is 0 Å². The molecule has 0 aromatic carbocycles. The van der Waals surface area contributed by atoms with Crippen LogP contribution >= 0.6 is 0 Å². The Hall–Kier alpha value is -2.89. The zero-order valence-electron chi connectivity index (χ0n) is 43.0. The van der Waals surface area contributed by atoms with E-state index >= 15 is 0 Å². The Morgan fingerprint density at radius 3 is 0.877 bits per heavy atom. The van der Waals surface area contributed by atoms with E-state index in [0.29, 0.717) is 12.8 Å². The van der Waals surface area contributed by atoms with Crippen LogP contribution in [0.15, 0.2) is 60.8 Å². The van der Waals surface area contributed by atoms with Gasteiger partial charge >= 0.3 is 17.9 Å². The van der Waals surface area contributed by atoms with Crippen LogP contribution in [-0.2, 0) is 28.6 Å². The molecule has 1 atom stereocenters. The van der Waals surface area contributed by atoms with Crippen molar-refractivity contribution in [3.05, 3.63) is 60.8 Å². The summed E-state index contributed by atoms with van der Waals surface area (Å²) in [5, 5.41) is 0. The summed E-state index contributed by atoms with van der Waals surface area (Å²) in [6.45, 7) is 6.47. The van der Waals surface area contributed by atoms with Crippen LogP contribution < -0.4 is 0 Å². The number of unbranched alkanes of at least 4 members (excludes halogenated alkanes) is 30. The average molecular weight is 909 g/mol. The van der Waals surface area contributed by atoms with Gasteiger partial charge in [0.1, 0.15) is 13.2 Å². The van der Waals surface area contributed by atoms with E-state index in [2.05, 4.69) is 69.4 Å². The molecule has 0 spiro atoms. The highest BCUT2D eigenvalue weighted by Gasteiger charge is 2.19. The molecule has 6 heteroatoms. The van der Waals surface area contributed by atoms with Gasteiger partial charge in [0.15, 0.2) is 6.10 Å². The van der Waals surface area contributed by atoms with E-state index in [4.69, 9.17) is 14.2 Å². The van der Waals surface area contributed by atoms with Gasteiger partial charge in [-0.2, -0.15) is 0 Å². The van der Waals surface area contributed by atoms with Gasteiger partial charge in [0.05, 0.1) is 6.42 Å². The van der Waals surface area contributed by atoms with Gasteiger partial charge in [-0.3, -0.25) is 14.4 Å². The lowest BCUT2D eigenvalue weighted by Gasteiger charge is -2.18. The second-order valence-electron chi connectivity index (χ2n) is 18.5. The average Bonchev–Trinajstić information content (AvgIpc) is 3.30. The van der Waals surface area contributed by atoms with Crippen molar-refractivity contribution in [3.63, 3.8) is 0 Å². The molecule has 1 unspecified atom stereocenters. The molecule has 0 aromatic rings.